The number of hydrogen-bond donors (Lipinski definition) is 0. The molecule has 0 atom stereocenters. The second-order valence-electron chi connectivity index (χ2n) is 5.76. The maximum Gasteiger partial charge on any atom is 0.260 e. The average molecular weight is 329 g/mol. The van der Waals surface area contributed by atoms with E-state index in [9.17, 15) is 9.18 Å². The van der Waals surface area contributed by atoms with Crippen molar-refractivity contribution in [3.8, 4) is 5.75 Å². The quantitative estimate of drug-likeness (QED) is 0.841. The molecule has 1 saturated heterocycles. The summed E-state index contributed by atoms with van der Waals surface area (Å²) in [6.45, 7) is 3.81. The minimum absolute atomic E-state index is 0.0617. The minimum atomic E-state index is -0.371. The number of aromatic nitrogens is 1. The fourth-order valence-corrected chi connectivity index (χ4v) is 2.69. The number of nitrogens with zero attached hydrogens (tertiary/aromatic N) is 3. The van der Waals surface area contributed by atoms with Crippen LogP contribution in [-0.4, -0.2) is 53.5 Å². The van der Waals surface area contributed by atoms with E-state index in [4.69, 9.17) is 4.74 Å². The van der Waals surface area contributed by atoms with Crippen molar-refractivity contribution in [2.24, 2.45) is 0 Å². The van der Waals surface area contributed by atoms with Gasteiger partial charge in [-0.15, -0.1) is 0 Å². The Labute approximate surface area is 140 Å². The van der Waals surface area contributed by atoms with Gasteiger partial charge in [-0.1, -0.05) is 6.07 Å². The fraction of sp³-hybridized carbons (Fsp3) is 0.333. The Morgan fingerprint density at radius 1 is 1.12 bits per heavy atom. The molecule has 1 aromatic carbocycles. The lowest BCUT2D eigenvalue weighted by molar-refractivity contribution is -0.135. The molecule has 126 valence electrons. The molecule has 0 bridgehead atoms. The highest BCUT2D eigenvalue weighted by molar-refractivity contribution is 5.77. The molecule has 0 saturated carbocycles. The summed E-state index contributed by atoms with van der Waals surface area (Å²) in [5.74, 6) is -0.0628. The molecule has 0 radical (unpaired) electrons. The van der Waals surface area contributed by atoms with Crippen LogP contribution >= 0.6 is 0 Å². The third kappa shape index (κ3) is 4.52. The molecule has 5 nitrogen and oxygen atoms in total. The second kappa shape index (κ2) is 7.88. The van der Waals surface area contributed by atoms with Gasteiger partial charge in [0.15, 0.2) is 6.61 Å². The van der Waals surface area contributed by atoms with Crippen molar-refractivity contribution in [2.45, 2.75) is 6.54 Å². The lowest BCUT2D eigenvalue weighted by Gasteiger charge is -2.34. The SMILES string of the molecule is O=C(COc1cccc(F)c1)N1CCN(Cc2ccncc2)CC1. The lowest BCUT2D eigenvalue weighted by Crippen LogP contribution is -2.49. The Bertz CT molecular complexity index is 673. The van der Waals surface area contributed by atoms with Gasteiger partial charge in [0, 0.05) is 51.2 Å². The summed E-state index contributed by atoms with van der Waals surface area (Å²) >= 11 is 0. The summed E-state index contributed by atoms with van der Waals surface area (Å²) in [7, 11) is 0. The number of benzene rings is 1. The summed E-state index contributed by atoms with van der Waals surface area (Å²) in [5.41, 5.74) is 1.22. The summed E-state index contributed by atoms with van der Waals surface area (Å²) in [6, 6.07) is 9.83. The lowest BCUT2D eigenvalue weighted by atomic mass is 10.2. The zero-order valence-electron chi connectivity index (χ0n) is 13.4. The normalized spacial score (nSPS) is 15.3. The van der Waals surface area contributed by atoms with Crippen molar-refractivity contribution < 1.29 is 13.9 Å². The second-order valence-corrected chi connectivity index (χ2v) is 5.76. The molecule has 6 heteroatoms. The number of carbonyl (C=O) groups is 1. The van der Waals surface area contributed by atoms with E-state index in [0.29, 0.717) is 18.8 Å². The van der Waals surface area contributed by atoms with Crippen LogP contribution in [0.4, 0.5) is 4.39 Å². The highest BCUT2D eigenvalue weighted by atomic mass is 19.1. The maximum absolute atomic E-state index is 13.1. The Hall–Kier alpha value is -2.47. The molecule has 2 heterocycles. The van der Waals surface area contributed by atoms with E-state index < -0.39 is 0 Å². The summed E-state index contributed by atoms with van der Waals surface area (Å²) in [5, 5.41) is 0. The van der Waals surface area contributed by atoms with Crippen molar-refractivity contribution in [3.05, 3.63) is 60.2 Å². The summed E-state index contributed by atoms with van der Waals surface area (Å²) in [6.07, 6.45) is 3.58. The van der Waals surface area contributed by atoms with E-state index in [2.05, 4.69) is 9.88 Å². The third-order valence-corrected chi connectivity index (χ3v) is 4.04. The Morgan fingerprint density at radius 2 is 1.88 bits per heavy atom. The first-order valence-electron chi connectivity index (χ1n) is 7.98. The Morgan fingerprint density at radius 3 is 2.58 bits per heavy atom. The van der Waals surface area contributed by atoms with Crippen molar-refractivity contribution in [3.63, 3.8) is 0 Å². The Balaban J connectivity index is 1.43. The predicted molar refractivity (Wildman–Crippen MR) is 88.0 cm³/mol. The maximum atomic E-state index is 13.1. The van der Waals surface area contributed by atoms with Gasteiger partial charge in [-0.3, -0.25) is 14.7 Å². The van der Waals surface area contributed by atoms with Crippen LogP contribution in [-0.2, 0) is 11.3 Å². The van der Waals surface area contributed by atoms with E-state index in [0.717, 1.165) is 19.6 Å². The molecule has 1 fully saturated rings. The van der Waals surface area contributed by atoms with Gasteiger partial charge in [0.1, 0.15) is 11.6 Å². The number of carbonyl (C=O) groups excluding carboxylic acids is 1. The largest absolute Gasteiger partial charge is 0.484 e. The molecule has 1 aliphatic rings. The van der Waals surface area contributed by atoms with Gasteiger partial charge in [-0.25, -0.2) is 4.39 Å². The van der Waals surface area contributed by atoms with Crippen molar-refractivity contribution in [1.29, 1.82) is 0 Å². The number of rotatable bonds is 5. The van der Waals surface area contributed by atoms with E-state index in [1.54, 1.807) is 29.4 Å². The van der Waals surface area contributed by atoms with E-state index >= 15 is 0 Å². The van der Waals surface area contributed by atoms with Crippen LogP contribution in [0.25, 0.3) is 0 Å². The van der Waals surface area contributed by atoms with Crippen LogP contribution in [0.2, 0.25) is 0 Å². The predicted octanol–water partition coefficient (Wildman–Crippen LogP) is 1.94. The molecule has 1 amide bonds. The zero-order chi connectivity index (χ0) is 16.8. The van der Waals surface area contributed by atoms with Gasteiger partial charge in [-0.2, -0.15) is 0 Å². The molecule has 1 aliphatic heterocycles. The standard InChI is InChI=1S/C18H20FN3O2/c19-16-2-1-3-17(12-16)24-14-18(23)22-10-8-21(9-11-22)13-15-4-6-20-7-5-15/h1-7,12H,8-11,13-14H2. The number of amides is 1. The first-order chi connectivity index (χ1) is 11.7. The summed E-state index contributed by atoms with van der Waals surface area (Å²) in [4.78, 5) is 20.3. The van der Waals surface area contributed by atoms with Gasteiger partial charge >= 0.3 is 0 Å². The number of halogens is 1. The molecule has 0 aliphatic carbocycles. The molecular weight excluding hydrogens is 309 g/mol. The minimum Gasteiger partial charge on any atom is -0.484 e. The van der Waals surface area contributed by atoms with Crippen molar-refractivity contribution in [1.82, 2.24) is 14.8 Å². The van der Waals surface area contributed by atoms with E-state index in [1.165, 1.54) is 17.7 Å². The molecule has 0 spiro atoms. The van der Waals surface area contributed by atoms with E-state index in [-0.39, 0.29) is 18.3 Å². The smallest absolute Gasteiger partial charge is 0.260 e. The van der Waals surface area contributed by atoms with Gasteiger partial charge in [0.2, 0.25) is 0 Å². The number of ether oxygens (including phenoxy) is 1. The molecule has 1 aromatic heterocycles. The van der Waals surface area contributed by atoms with Crippen LogP contribution in [0.1, 0.15) is 5.56 Å². The van der Waals surface area contributed by atoms with Crippen molar-refractivity contribution >= 4 is 5.91 Å². The van der Waals surface area contributed by atoms with Crippen LogP contribution in [0.3, 0.4) is 0 Å². The van der Waals surface area contributed by atoms with Crippen molar-refractivity contribution in [2.75, 3.05) is 32.8 Å². The Kier molecular flexibility index (Phi) is 5.38. The van der Waals surface area contributed by atoms with Crippen LogP contribution in [0, 0.1) is 5.82 Å². The molecule has 3 rings (SSSR count). The first-order valence-corrected chi connectivity index (χ1v) is 7.98. The van der Waals surface area contributed by atoms with Crippen LogP contribution < -0.4 is 4.74 Å². The zero-order valence-corrected chi connectivity index (χ0v) is 13.4. The number of hydrogen-bond acceptors (Lipinski definition) is 4. The first kappa shape index (κ1) is 16.4. The monoisotopic (exact) mass is 329 g/mol. The number of pyridine rings is 1. The molecule has 0 unspecified atom stereocenters. The van der Waals surface area contributed by atoms with Crippen LogP contribution in [0.5, 0.6) is 5.75 Å². The highest BCUT2D eigenvalue weighted by Crippen LogP contribution is 2.13. The summed E-state index contributed by atoms with van der Waals surface area (Å²) < 4.78 is 18.5. The third-order valence-electron chi connectivity index (χ3n) is 4.04. The van der Waals surface area contributed by atoms with Crippen LogP contribution in [0.15, 0.2) is 48.8 Å². The molecule has 0 N–H and O–H groups in total. The topological polar surface area (TPSA) is 45.7 Å². The average Bonchev–Trinajstić information content (AvgIpc) is 2.61. The van der Waals surface area contributed by atoms with Gasteiger partial charge in [0.25, 0.3) is 5.91 Å². The van der Waals surface area contributed by atoms with Gasteiger partial charge in [-0.05, 0) is 29.8 Å². The highest BCUT2D eigenvalue weighted by Gasteiger charge is 2.21. The van der Waals surface area contributed by atoms with Gasteiger partial charge < -0.3 is 9.64 Å². The van der Waals surface area contributed by atoms with Gasteiger partial charge in [0.05, 0.1) is 0 Å². The molecular formula is C18H20FN3O2. The number of piperazine rings is 1. The molecule has 24 heavy (non-hydrogen) atoms. The molecule has 2 aromatic rings. The fourth-order valence-electron chi connectivity index (χ4n) is 2.69. The van der Waals surface area contributed by atoms with E-state index in [1.807, 2.05) is 12.1 Å².